The molecule has 0 aromatic carbocycles. The number of hydrogen-bond donors (Lipinski definition) is 1. The molecule has 15 heavy (non-hydrogen) atoms. The van der Waals surface area contributed by atoms with Crippen LogP contribution >= 0.6 is 0 Å². The summed E-state index contributed by atoms with van der Waals surface area (Å²) >= 11 is 0. The third-order valence-corrected chi connectivity index (χ3v) is 2.55. The summed E-state index contributed by atoms with van der Waals surface area (Å²) in [6.45, 7) is 8.91. The molecule has 0 aliphatic heterocycles. The molecule has 0 saturated carbocycles. The minimum atomic E-state index is 1.03. The highest BCUT2D eigenvalue weighted by atomic mass is 15.1. The molecule has 1 aromatic rings. The van der Waals surface area contributed by atoms with Gasteiger partial charge >= 0.3 is 0 Å². The van der Waals surface area contributed by atoms with E-state index in [9.17, 15) is 0 Å². The molecule has 0 aliphatic carbocycles. The molecule has 0 atom stereocenters. The van der Waals surface area contributed by atoms with Crippen LogP contribution < -0.4 is 5.32 Å². The topological polar surface area (TPSA) is 28.2 Å². The Bertz CT molecular complexity index is 244. The van der Waals surface area contributed by atoms with Crippen LogP contribution in [0.5, 0.6) is 0 Å². The van der Waals surface area contributed by atoms with Gasteiger partial charge in [0, 0.05) is 24.6 Å². The lowest BCUT2D eigenvalue weighted by Crippen LogP contribution is -2.25. The summed E-state index contributed by atoms with van der Waals surface area (Å²) in [4.78, 5) is 6.42. The minimum Gasteiger partial charge on any atom is -0.385 e. The number of rotatable bonds is 7. The van der Waals surface area contributed by atoms with Crippen molar-refractivity contribution in [3.63, 3.8) is 0 Å². The zero-order valence-corrected chi connectivity index (χ0v) is 9.74. The van der Waals surface area contributed by atoms with E-state index in [0.29, 0.717) is 0 Å². The maximum atomic E-state index is 3.98. The lowest BCUT2D eigenvalue weighted by Gasteiger charge is -2.17. The van der Waals surface area contributed by atoms with Crippen molar-refractivity contribution >= 4 is 5.69 Å². The molecule has 0 bridgehead atoms. The molecule has 0 amide bonds. The monoisotopic (exact) mass is 207 g/mol. The zero-order valence-electron chi connectivity index (χ0n) is 9.74. The molecule has 0 aliphatic rings. The fourth-order valence-corrected chi connectivity index (χ4v) is 1.54. The van der Waals surface area contributed by atoms with Gasteiger partial charge in [-0.15, -0.1) is 0 Å². The van der Waals surface area contributed by atoms with Gasteiger partial charge in [0.1, 0.15) is 0 Å². The first kappa shape index (κ1) is 12.0. The van der Waals surface area contributed by atoms with Gasteiger partial charge < -0.3 is 10.2 Å². The quantitative estimate of drug-likeness (QED) is 0.695. The molecule has 0 unspecified atom stereocenters. The van der Waals surface area contributed by atoms with Gasteiger partial charge in [-0.25, -0.2) is 0 Å². The van der Waals surface area contributed by atoms with Gasteiger partial charge in [-0.3, -0.25) is 4.98 Å². The second kappa shape index (κ2) is 7.23. The van der Waals surface area contributed by atoms with E-state index < -0.39 is 0 Å². The van der Waals surface area contributed by atoms with Crippen molar-refractivity contribution in [3.05, 3.63) is 24.5 Å². The predicted octanol–water partition coefficient (Wildman–Crippen LogP) is 2.23. The summed E-state index contributed by atoms with van der Waals surface area (Å²) < 4.78 is 0. The predicted molar refractivity (Wildman–Crippen MR) is 65.1 cm³/mol. The first-order chi connectivity index (χ1) is 7.36. The van der Waals surface area contributed by atoms with Crippen molar-refractivity contribution in [2.45, 2.75) is 20.3 Å². The smallest absolute Gasteiger partial charge is 0.0371 e. The number of nitrogens with one attached hydrogen (secondary N) is 1. The molecule has 1 aromatic heterocycles. The second-order valence-electron chi connectivity index (χ2n) is 3.54. The molecule has 1 N–H and O–H groups in total. The Labute approximate surface area is 92.5 Å². The highest BCUT2D eigenvalue weighted by molar-refractivity contribution is 5.40. The summed E-state index contributed by atoms with van der Waals surface area (Å²) in [5, 5.41) is 3.38. The lowest BCUT2D eigenvalue weighted by molar-refractivity contribution is 0.303. The lowest BCUT2D eigenvalue weighted by atomic mass is 10.3. The zero-order chi connectivity index (χ0) is 10.9. The van der Waals surface area contributed by atoms with Crippen molar-refractivity contribution in [1.29, 1.82) is 0 Å². The summed E-state index contributed by atoms with van der Waals surface area (Å²) in [7, 11) is 0. The Morgan fingerprint density at radius 1 is 1.20 bits per heavy atom. The average Bonchev–Trinajstić information content (AvgIpc) is 2.31. The number of hydrogen-bond acceptors (Lipinski definition) is 3. The van der Waals surface area contributed by atoms with Gasteiger partial charge in [0.2, 0.25) is 0 Å². The van der Waals surface area contributed by atoms with Crippen molar-refractivity contribution < 1.29 is 0 Å². The summed E-state index contributed by atoms with van der Waals surface area (Å²) in [5.74, 6) is 0. The Hall–Kier alpha value is -1.09. The number of aromatic nitrogens is 1. The van der Waals surface area contributed by atoms with Gasteiger partial charge in [-0.1, -0.05) is 13.8 Å². The van der Waals surface area contributed by atoms with Crippen molar-refractivity contribution in [3.8, 4) is 0 Å². The Morgan fingerprint density at radius 2 is 1.87 bits per heavy atom. The molecule has 0 saturated heterocycles. The molecular weight excluding hydrogens is 186 g/mol. The van der Waals surface area contributed by atoms with Gasteiger partial charge in [0.15, 0.2) is 0 Å². The molecule has 3 heteroatoms. The summed E-state index contributed by atoms with van der Waals surface area (Å²) in [5.41, 5.74) is 1.16. The number of nitrogens with zero attached hydrogens (tertiary/aromatic N) is 2. The Morgan fingerprint density at radius 3 is 2.47 bits per heavy atom. The van der Waals surface area contributed by atoms with E-state index in [1.54, 1.807) is 0 Å². The Balaban J connectivity index is 2.12. The summed E-state index contributed by atoms with van der Waals surface area (Å²) in [6, 6.07) is 3.99. The maximum Gasteiger partial charge on any atom is 0.0371 e. The molecular formula is C12H21N3. The van der Waals surface area contributed by atoms with Crippen LogP contribution in [-0.2, 0) is 0 Å². The fourth-order valence-electron chi connectivity index (χ4n) is 1.54. The van der Waals surface area contributed by atoms with Gasteiger partial charge in [-0.2, -0.15) is 0 Å². The fraction of sp³-hybridized carbons (Fsp3) is 0.583. The first-order valence-corrected chi connectivity index (χ1v) is 5.73. The molecule has 3 nitrogen and oxygen atoms in total. The first-order valence-electron chi connectivity index (χ1n) is 5.73. The highest BCUT2D eigenvalue weighted by Crippen LogP contribution is 2.02. The van der Waals surface area contributed by atoms with Crippen LogP contribution in [0.2, 0.25) is 0 Å². The van der Waals surface area contributed by atoms with Crippen molar-refractivity contribution in [2.24, 2.45) is 0 Å². The van der Waals surface area contributed by atoms with Crippen molar-refractivity contribution in [1.82, 2.24) is 9.88 Å². The van der Waals surface area contributed by atoms with Crippen LogP contribution in [0.25, 0.3) is 0 Å². The second-order valence-corrected chi connectivity index (χ2v) is 3.54. The molecule has 1 rings (SSSR count). The Kier molecular flexibility index (Phi) is 5.78. The van der Waals surface area contributed by atoms with Crippen molar-refractivity contribution in [2.75, 3.05) is 31.5 Å². The van der Waals surface area contributed by atoms with Crippen LogP contribution in [0.15, 0.2) is 24.5 Å². The van der Waals surface area contributed by atoms with Crippen LogP contribution in [0.4, 0.5) is 5.69 Å². The third-order valence-electron chi connectivity index (χ3n) is 2.55. The van der Waals surface area contributed by atoms with E-state index in [4.69, 9.17) is 0 Å². The molecule has 0 spiro atoms. The van der Waals surface area contributed by atoms with E-state index >= 15 is 0 Å². The van der Waals surface area contributed by atoms with Crippen LogP contribution in [0.3, 0.4) is 0 Å². The SMILES string of the molecule is CCN(CC)CCCNc1ccncc1. The number of anilines is 1. The molecule has 84 valence electrons. The molecule has 0 radical (unpaired) electrons. The summed E-state index contributed by atoms with van der Waals surface area (Å²) in [6.07, 6.45) is 4.81. The van der Waals surface area contributed by atoms with E-state index in [-0.39, 0.29) is 0 Å². The van der Waals surface area contributed by atoms with E-state index in [1.165, 1.54) is 13.0 Å². The number of pyridine rings is 1. The highest BCUT2D eigenvalue weighted by Gasteiger charge is 1.97. The minimum absolute atomic E-state index is 1.03. The third kappa shape index (κ3) is 4.79. The van der Waals surface area contributed by atoms with E-state index in [0.717, 1.165) is 25.3 Å². The molecule has 1 heterocycles. The molecule has 0 fully saturated rings. The van der Waals surface area contributed by atoms with Gasteiger partial charge in [0.25, 0.3) is 0 Å². The van der Waals surface area contributed by atoms with E-state index in [2.05, 4.69) is 29.0 Å². The average molecular weight is 207 g/mol. The maximum absolute atomic E-state index is 3.98. The van der Waals surface area contributed by atoms with Crippen LogP contribution in [-0.4, -0.2) is 36.1 Å². The van der Waals surface area contributed by atoms with Gasteiger partial charge in [-0.05, 0) is 38.2 Å². The van der Waals surface area contributed by atoms with Crippen LogP contribution in [0.1, 0.15) is 20.3 Å². The normalized spacial score (nSPS) is 10.6. The standard InChI is InChI=1S/C12H21N3/c1-3-15(4-2)11-5-8-14-12-6-9-13-10-7-12/h6-7,9-10H,3-5,8,11H2,1-2H3,(H,13,14). The van der Waals surface area contributed by atoms with Crippen LogP contribution in [0, 0.1) is 0 Å². The van der Waals surface area contributed by atoms with E-state index in [1.807, 2.05) is 24.5 Å². The van der Waals surface area contributed by atoms with Gasteiger partial charge in [0.05, 0.1) is 0 Å². The largest absolute Gasteiger partial charge is 0.385 e.